The van der Waals surface area contributed by atoms with Gasteiger partial charge in [-0.1, -0.05) is 0 Å². The molecule has 1 aromatic rings. The lowest BCUT2D eigenvalue weighted by atomic mass is 10.4. The number of sulfonamides is 1. The van der Waals surface area contributed by atoms with E-state index in [1.165, 1.54) is 11.0 Å². The van der Waals surface area contributed by atoms with Gasteiger partial charge in [0.05, 0.1) is 4.88 Å². The molecule has 86 valence electrons. The van der Waals surface area contributed by atoms with Gasteiger partial charge in [0.25, 0.3) is 21.8 Å². The van der Waals surface area contributed by atoms with E-state index in [-0.39, 0.29) is 20.6 Å². The quantitative estimate of drug-likeness (QED) is 0.763. The molecule has 0 atom stereocenters. The Labute approximate surface area is 95.9 Å². The first-order chi connectivity index (χ1) is 7.33. The van der Waals surface area contributed by atoms with Crippen molar-refractivity contribution in [3.63, 3.8) is 0 Å². The van der Waals surface area contributed by atoms with E-state index in [2.05, 4.69) is 0 Å². The largest absolute Gasteiger partial charge is 0.344 e. The number of fused-ring (bicyclic) bond motifs is 1. The third kappa shape index (κ3) is 1.50. The molecule has 6 nitrogen and oxygen atoms in total. The van der Waals surface area contributed by atoms with Gasteiger partial charge in [0.2, 0.25) is 0 Å². The molecule has 0 aliphatic carbocycles. The molecule has 1 aliphatic rings. The fraction of sp³-hybridized carbons (Fsp3) is 0.250. The third-order valence-electron chi connectivity index (χ3n) is 2.04. The fourth-order valence-electron chi connectivity index (χ4n) is 1.28. The third-order valence-corrected chi connectivity index (χ3v) is 4.64. The van der Waals surface area contributed by atoms with Gasteiger partial charge in [-0.3, -0.25) is 9.59 Å². The highest BCUT2D eigenvalue weighted by Crippen LogP contribution is 2.31. The molecule has 1 aliphatic heterocycles. The highest BCUT2D eigenvalue weighted by molar-refractivity contribution is 7.91. The van der Waals surface area contributed by atoms with Crippen molar-refractivity contribution in [3.8, 4) is 0 Å². The molecule has 2 amide bonds. The Morgan fingerprint density at radius 2 is 2.06 bits per heavy atom. The Bertz CT molecular complexity index is 585. The second kappa shape index (κ2) is 3.29. The Hall–Kier alpha value is -1.41. The molecule has 0 saturated heterocycles. The van der Waals surface area contributed by atoms with Crippen molar-refractivity contribution in [1.82, 2.24) is 9.62 Å². The maximum atomic E-state index is 11.6. The van der Waals surface area contributed by atoms with Crippen molar-refractivity contribution >= 4 is 33.2 Å². The summed E-state index contributed by atoms with van der Waals surface area (Å²) in [5.74, 6) is -0.986. The summed E-state index contributed by atoms with van der Waals surface area (Å²) < 4.78 is 24.7. The van der Waals surface area contributed by atoms with Crippen LogP contribution in [-0.2, 0) is 10.0 Å². The molecule has 0 unspecified atom stereocenters. The van der Waals surface area contributed by atoms with E-state index in [0.29, 0.717) is 0 Å². The van der Waals surface area contributed by atoms with Crippen LogP contribution in [0.25, 0.3) is 0 Å². The Morgan fingerprint density at radius 1 is 1.44 bits per heavy atom. The molecule has 1 N–H and O–H groups in total. The summed E-state index contributed by atoms with van der Waals surface area (Å²) in [7, 11) is -0.638. The topological polar surface area (TPSA) is 83.6 Å². The summed E-state index contributed by atoms with van der Waals surface area (Å²) in [5, 5.41) is 0. The average molecular weight is 260 g/mol. The van der Waals surface area contributed by atoms with Crippen LogP contribution >= 0.6 is 11.3 Å². The molecule has 0 radical (unpaired) electrons. The highest BCUT2D eigenvalue weighted by atomic mass is 32.2. The average Bonchev–Trinajstić information content (AvgIpc) is 2.67. The summed E-state index contributed by atoms with van der Waals surface area (Å²) in [6.07, 6.45) is 0. The summed E-state index contributed by atoms with van der Waals surface area (Å²) in [5.41, 5.74) is 0. The fourth-order valence-corrected chi connectivity index (χ4v) is 3.91. The normalized spacial score (nSPS) is 16.8. The van der Waals surface area contributed by atoms with Crippen molar-refractivity contribution in [2.24, 2.45) is 0 Å². The number of hydrogen-bond donors (Lipinski definition) is 1. The summed E-state index contributed by atoms with van der Waals surface area (Å²) >= 11 is 0.886. The second-order valence-electron chi connectivity index (χ2n) is 3.44. The van der Waals surface area contributed by atoms with Crippen LogP contribution in [-0.4, -0.2) is 39.2 Å². The van der Waals surface area contributed by atoms with Crippen LogP contribution in [0.4, 0.5) is 0 Å². The van der Waals surface area contributed by atoms with Crippen molar-refractivity contribution in [2.45, 2.75) is 4.90 Å². The molecule has 0 saturated carbocycles. The number of hydrogen-bond acceptors (Lipinski definition) is 5. The molecule has 2 heterocycles. The summed E-state index contributed by atoms with van der Waals surface area (Å²) in [6, 6.07) is 1.23. The minimum absolute atomic E-state index is 0.0743. The van der Waals surface area contributed by atoms with Gasteiger partial charge in [-0.15, -0.1) is 11.3 Å². The zero-order valence-corrected chi connectivity index (χ0v) is 10.1. The number of rotatable bonds is 1. The Kier molecular flexibility index (Phi) is 2.28. The van der Waals surface area contributed by atoms with E-state index in [1.54, 1.807) is 14.1 Å². The first kappa shape index (κ1) is 11.1. The molecule has 0 spiro atoms. The summed E-state index contributed by atoms with van der Waals surface area (Å²) in [6.45, 7) is 0. The summed E-state index contributed by atoms with van der Waals surface area (Å²) in [4.78, 5) is 24.4. The number of carbonyl (C=O) groups excluding carboxylic acids is 2. The Morgan fingerprint density at radius 3 is 2.56 bits per heavy atom. The van der Waals surface area contributed by atoms with Gasteiger partial charge in [-0.05, 0) is 6.07 Å². The van der Waals surface area contributed by atoms with Gasteiger partial charge in [0.15, 0.2) is 0 Å². The van der Waals surface area contributed by atoms with E-state index in [4.69, 9.17) is 0 Å². The lowest BCUT2D eigenvalue weighted by Crippen LogP contribution is -2.23. The second-order valence-corrected chi connectivity index (χ2v) is 6.14. The minimum Gasteiger partial charge on any atom is -0.344 e. The maximum absolute atomic E-state index is 11.6. The maximum Gasteiger partial charge on any atom is 0.276 e. The van der Waals surface area contributed by atoms with Gasteiger partial charge >= 0.3 is 0 Å². The predicted molar refractivity (Wildman–Crippen MR) is 57.0 cm³/mol. The van der Waals surface area contributed by atoms with Gasteiger partial charge in [-0.2, -0.15) is 0 Å². The number of nitrogens with one attached hydrogen (secondary N) is 1. The molecule has 1 aromatic heterocycles. The standard InChI is InChI=1S/C8H8N2O4S2/c1-10(2)8(12)4-3-5-6(15-4)7(11)9-16(5,13)14/h3H,1-2H3,(H,9,11). The minimum atomic E-state index is -3.75. The zero-order valence-electron chi connectivity index (χ0n) is 8.47. The monoisotopic (exact) mass is 260 g/mol. The van der Waals surface area contributed by atoms with E-state index in [9.17, 15) is 18.0 Å². The van der Waals surface area contributed by atoms with E-state index in [1.807, 2.05) is 4.72 Å². The van der Waals surface area contributed by atoms with Crippen LogP contribution in [0.5, 0.6) is 0 Å². The molecular formula is C8H8N2O4S2. The highest BCUT2D eigenvalue weighted by Gasteiger charge is 2.36. The predicted octanol–water partition coefficient (Wildman–Crippen LogP) is -0.118. The number of carbonyl (C=O) groups is 2. The van der Waals surface area contributed by atoms with Crippen LogP contribution in [0.15, 0.2) is 11.0 Å². The Balaban J connectivity index is 2.56. The lowest BCUT2D eigenvalue weighted by molar-refractivity contribution is 0.0832. The number of amides is 2. The van der Waals surface area contributed by atoms with Gasteiger partial charge in [-0.25, -0.2) is 13.1 Å². The smallest absolute Gasteiger partial charge is 0.276 e. The van der Waals surface area contributed by atoms with Gasteiger partial charge < -0.3 is 4.90 Å². The first-order valence-electron chi connectivity index (χ1n) is 4.25. The van der Waals surface area contributed by atoms with Crippen LogP contribution in [0.3, 0.4) is 0 Å². The first-order valence-corrected chi connectivity index (χ1v) is 6.55. The number of thiophene rings is 1. The molecule has 0 fully saturated rings. The van der Waals surface area contributed by atoms with Crippen LogP contribution in [0, 0.1) is 0 Å². The molecule has 16 heavy (non-hydrogen) atoms. The molecule has 0 bridgehead atoms. The molecule has 2 rings (SSSR count). The van der Waals surface area contributed by atoms with Crippen LogP contribution in [0.2, 0.25) is 0 Å². The zero-order chi connectivity index (χ0) is 12.1. The SMILES string of the molecule is CN(C)C(=O)c1cc2c(s1)C(=O)NS2(=O)=O. The molecule has 0 aromatic carbocycles. The lowest BCUT2D eigenvalue weighted by Gasteiger charge is -2.07. The van der Waals surface area contributed by atoms with Gasteiger partial charge in [0, 0.05) is 14.1 Å². The van der Waals surface area contributed by atoms with Gasteiger partial charge in [0.1, 0.15) is 9.77 Å². The number of nitrogens with zero attached hydrogens (tertiary/aromatic N) is 1. The van der Waals surface area contributed by atoms with E-state index in [0.717, 1.165) is 11.3 Å². The van der Waals surface area contributed by atoms with Crippen LogP contribution < -0.4 is 4.72 Å². The van der Waals surface area contributed by atoms with Crippen molar-refractivity contribution < 1.29 is 18.0 Å². The molecule has 8 heteroatoms. The van der Waals surface area contributed by atoms with Crippen molar-refractivity contribution in [1.29, 1.82) is 0 Å². The van der Waals surface area contributed by atoms with E-state index < -0.39 is 15.9 Å². The van der Waals surface area contributed by atoms with Crippen LogP contribution in [0.1, 0.15) is 19.3 Å². The van der Waals surface area contributed by atoms with E-state index >= 15 is 0 Å². The van der Waals surface area contributed by atoms with Crippen molar-refractivity contribution in [2.75, 3.05) is 14.1 Å². The molecular weight excluding hydrogens is 252 g/mol. The van der Waals surface area contributed by atoms with Crippen molar-refractivity contribution in [3.05, 3.63) is 15.8 Å².